The van der Waals surface area contributed by atoms with Gasteiger partial charge in [-0.25, -0.2) is 18.5 Å². The normalized spacial score (nSPS) is 15.4. The van der Waals surface area contributed by atoms with Crippen molar-refractivity contribution in [2.24, 2.45) is 17.2 Å². The van der Waals surface area contributed by atoms with Crippen molar-refractivity contribution >= 4 is 62.3 Å². The lowest BCUT2D eigenvalue weighted by Crippen LogP contribution is -2.42. The molecule has 5 rings (SSSR count). The van der Waals surface area contributed by atoms with E-state index in [0.717, 1.165) is 0 Å². The topological polar surface area (TPSA) is 187 Å². The highest BCUT2D eigenvalue weighted by atomic mass is 32.2. The van der Waals surface area contributed by atoms with Crippen LogP contribution in [0.4, 0.5) is 17.3 Å². The second kappa shape index (κ2) is 13.4. The predicted molar refractivity (Wildman–Crippen MR) is 168 cm³/mol. The Morgan fingerprint density at radius 2 is 1.80 bits per heavy atom. The fourth-order valence-electron chi connectivity index (χ4n) is 4.72. The number of aryl methyl sites for hydroxylation is 1. The maximum Gasteiger partial charge on any atom is 0.325 e. The number of aromatic nitrogens is 2. The van der Waals surface area contributed by atoms with Crippen LogP contribution in [0.3, 0.4) is 0 Å². The largest absolute Gasteiger partial charge is 0.858 e. The maximum atomic E-state index is 13.9. The van der Waals surface area contributed by atoms with E-state index >= 15 is 0 Å². The summed E-state index contributed by atoms with van der Waals surface area (Å²) >= 11 is 5.78. The van der Waals surface area contributed by atoms with Gasteiger partial charge in [0, 0.05) is 5.69 Å². The number of primary sulfonamides is 1. The Kier molecular flexibility index (Phi) is 9.41. The smallest absolute Gasteiger partial charge is 0.325 e. The van der Waals surface area contributed by atoms with Gasteiger partial charge >= 0.3 is 5.88 Å². The number of nitrogens with one attached hydrogen (secondary N) is 1. The summed E-state index contributed by atoms with van der Waals surface area (Å²) in [6.07, 6.45) is -0.326. The first-order valence-electron chi connectivity index (χ1n) is 13.9. The van der Waals surface area contributed by atoms with Gasteiger partial charge in [0.15, 0.2) is 12.2 Å². The number of amides is 2. The SMILES string of the molecule is CCOc1ccc(N2C(=O)C(CC(=O)Nc3ccc(S(N)(=O)=O)cc3)N(Cc3c(/N=C(\[O-])c4ccccc4)on[n+]3C)C2=S)cc1. The number of sulfonamides is 1. The summed E-state index contributed by atoms with van der Waals surface area (Å²) < 4.78 is 35.4. The minimum absolute atomic E-state index is 0.0794. The molecule has 1 fully saturated rings. The van der Waals surface area contributed by atoms with Gasteiger partial charge in [-0.05, 0) is 83.8 Å². The summed E-state index contributed by atoms with van der Waals surface area (Å²) in [7, 11) is -2.33. The van der Waals surface area contributed by atoms with Crippen LogP contribution < -0.4 is 29.9 Å². The summed E-state index contributed by atoms with van der Waals surface area (Å²) in [6.45, 7) is 2.24. The number of thiocarbonyl (C=S) groups is 1. The van der Waals surface area contributed by atoms with Crippen molar-refractivity contribution in [1.82, 2.24) is 10.2 Å². The van der Waals surface area contributed by atoms with Gasteiger partial charge in [-0.3, -0.25) is 19.0 Å². The number of hydrogen-bond donors (Lipinski definition) is 2. The fraction of sp³-hybridized carbons (Fsp3) is 0.200. The Labute approximate surface area is 269 Å². The number of hydrogen-bond acceptors (Lipinski definition) is 10. The summed E-state index contributed by atoms with van der Waals surface area (Å²) in [5, 5.41) is 24.7. The standard InChI is InChI=1S/C30H29N7O7S2/c1-3-43-22-13-11-21(12-14-22)37-29(40)24(17-26(38)32-20-9-15-23(16-10-20)46(31,41)42)36(30(37)45)18-25-28(44-34-35(25)2)33-27(39)19-7-5-4-6-8-19/h4-16,24H,3,17-18H2,1-2H3,(H3-,31,32,33,34,38,39,41,42). The molecular formula is C30H29N7O7S2. The minimum Gasteiger partial charge on any atom is -0.858 e. The van der Waals surface area contributed by atoms with E-state index in [1.165, 1.54) is 38.7 Å². The van der Waals surface area contributed by atoms with Crippen LogP contribution in [-0.2, 0) is 33.2 Å². The molecule has 46 heavy (non-hydrogen) atoms. The number of nitrogens with zero attached hydrogens (tertiary/aromatic N) is 5. The van der Waals surface area contributed by atoms with Crippen LogP contribution in [0.2, 0.25) is 0 Å². The van der Waals surface area contributed by atoms with Crippen molar-refractivity contribution in [2.45, 2.75) is 30.8 Å². The van der Waals surface area contributed by atoms with E-state index in [0.29, 0.717) is 35.0 Å². The third-order valence-corrected chi connectivity index (χ3v) is 8.35. The third-order valence-electron chi connectivity index (χ3n) is 7.00. The van der Waals surface area contributed by atoms with Crippen molar-refractivity contribution in [3.8, 4) is 5.75 Å². The molecule has 16 heteroatoms. The zero-order valence-electron chi connectivity index (χ0n) is 24.7. The highest BCUT2D eigenvalue weighted by molar-refractivity contribution is 7.89. The fourth-order valence-corrected chi connectivity index (χ4v) is 5.62. The van der Waals surface area contributed by atoms with Crippen LogP contribution in [0.5, 0.6) is 5.75 Å². The van der Waals surface area contributed by atoms with Gasteiger partial charge in [0.2, 0.25) is 21.2 Å². The molecule has 2 amide bonds. The molecule has 0 radical (unpaired) electrons. The van der Waals surface area contributed by atoms with Crippen molar-refractivity contribution in [3.05, 3.63) is 90.1 Å². The molecule has 1 aliphatic rings. The van der Waals surface area contributed by atoms with Gasteiger partial charge < -0.3 is 20.1 Å². The Bertz CT molecular complexity index is 1900. The van der Waals surface area contributed by atoms with Crippen LogP contribution >= 0.6 is 12.2 Å². The number of aliphatic imine (C=N–C) groups is 1. The van der Waals surface area contributed by atoms with Crippen molar-refractivity contribution in [3.63, 3.8) is 0 Å². The zero-order valence-corrected chi connectivity index (χ0v) is 26.3. The lowest BCUT2D eigenvalue weighted by atomic mass is 10.1. The maximum absolute atomic E-state index is 13.9. The first kappa shape index (κ1) is 32.2. The first-order chi connectivity index (χ1) is 22.0. The van der Waals surface area contributed by atoms with Crippen molar-refractivity contribution in [1.29, 1.82) is 0 Å². The third kappa shape index (κ3) is 7.03. The van der Waals surface area contributed by atoms with Gasteiger partial charge in [-0.2, -0.15) is 0 Å². The second-order valence-corrected chi connectivity index (χ2v) is 12.0. The molecule has 1 unspecified atom stereocenters. The molecule has 4 aromatic rings. The van der Waals surface area contributed by atoms with Gasteiger partial charge in [0.1, 0.15) is 18.3 Å². The number of anilines is 2. The lowest BCUT2D eigenvalue weighted by molar-refractivity contribution is -0.746. The van der Waals surface area contributed by atoms with Gasteiger partial charge in [-0.15, -0.1) is 0 Å². The molecule has 3 aromatic carbocycles. The molecular weight excluding hydrogens is 635 g/mol. The predicted octanol–water partition coefficient (Wildman–Crippen LogP) is 1.51. The van der Waals surface area contributed by atoms with Crippen molar-refractivity contribution < 1.29 is 37.1 Å². The molecule has 3 N–H and O–H groups in total. The van der Waals surface area contributed by atoms with E-state index < -0.39 is 33.8 Å². The summed E-state index contributed by atoms with van der Waals surface area (Å²) in [5.74, 6) is -1.03. The molecule has 1 atom stereocenters. The van der Waals surface area contributed by atoms with E-state index in [1.54, 1.807) is 61.6 Å². The van der Waals surface area contributed by atoms with Crippen LogP contribution in [0.15, 0.2) is 93.3 Å². The molecule has 0 bridgehead atoms. The Morgan fingerprint density at radius 1 is 1.13 bits per heavy atom. The first-order valence-corrected chi connectivity index (χ1v) is 15.9. The van der Waals surface area contributed by atoms with E-state index in [2.05, 4.69) is 15.6 Å². The van der Waals surface area contributed by atoms with Crippen LogP contribution in [0.25, 0.3) is 0 Å². The molecule has 0 aliphatic carbocycles. The highest BCUT2D eigenvalue weighted by Crippen LogP contribution is 2.31. The number of ether oxygens (including phenoxy) is 1. The average Bonchev–Trinajstić information content (AvgIpc) is 3.48. The van der Waals surface area contributed by atoms with Gasteiger partial charge in [0.05, 0.1) is 23.6 Å². The zero-order chi connectivity index (χ0) is 33.0. The van der Waals surface area contributed by atoms with Crippen molar-refractivity contribution in [2.75, 3.05) is 16.8 Å². The molecule has 1 saturated heterocycles. The molecule has 238 valence electrons. The number of carbonyl (C=O) groups is 2. The number of rotatable bonds is 11. The van der Waals surface area contributed by atoms with Gasteiger partial charge in [0.25, 0.3) is 11.6 Å². The van der Waals surface area contributed by atoms with Crippen LogP contribution in [-0.4, -0.2) is 54.1 Å². The van der Waals surface area contributed by atoms with Crippen LogP contribution in [0.1, 0.15) is 24.6 Å². The Hall–Kier alpha value is -5.19. The van der Waals surface area contributed by atoms with Gasteiger partial charge in [-0.1, -0.05) is 30.3 Å². The highest BCUT2D eigenvalue weighted by Gasteiger charge is 2.46. The summed E-state index contributed by atoms with van der Waals surface area (Å²) in [6, 6.07) is 19.4. The molecule has 2 heterocycles. The minimum atomic E-state index is -3.92. The average molecular weight is 664 g/mol. The van der Waals surface area contributed by atoms with E-state index in [9.17, 15) is 23.1 Å². The summed E-state index contributed by atoms with van der Waals surface area (Å²) in [4.78, 5) is 34.0. The monoisotopic (exact) mass is 663 g/mol. The quantitative estimate of drug-likeness (QED) is 0.103. The van der Waals surface area contributed by atoms with E-state index in [-0.39, 0.29) is 28.9 Å². The van der Waals surface area contributed by atoms with E-state index in [4.69, 9.17) is 26.6 Å². The Balaban J connectivity index is 1.45. The summed E-state index contributed by atoms with van der Waals surface area (Å²) in [5.41, 5.74) is 1.43. The molecule has 0 saturated carbocycles. The molecule has 0 spiro atoms. The second-order valence-electron chi connectivity index (χ2n) is 10.1. The number of carbonyl (C=O) groups excluding carboxylic acids is 2. The molecule has 1 aromatic heterocycles. The molecule has 1 aliphatic heterocycles. The van der Waals surface area contributed by atoms with E-state index in [1.807, 2.05) is 6.92 Å². The number of benzene rings is 3. The van der Waals surface area contributed by atoms with Crippen LogP contribution in [0, 0.1) is 0 Å². The molecule has 14 nitrogen and oxygen atoms in total. The number of nitrogens with two attached hydrogens (primary N) is 1. The lowest BCUT2D eigenvalue weighted by Gasteiger charge is -2.22. The Morgan fingerprint density at radius 3 is 2.43 bits per heavy atom.